The van der Waals surface area contributed by atoms with Crippen molar-refractivity contribution in [2.75, 3.05) is 26.7 Å². The Balaban J connectivity index is 1.95. The Morgan fingerprint density at radius 2 is 1.92 bits per heavy atom. The van der Waals surface area contributed by atoms with Gasteiger partial charge in [0.1, 0.15) is 10.1 Å². The number of hydrogen-bond donors (Lipinski definition) is 0. The van der Waals surface area contributed by atoms with Crippen molar-refractivity contribution in [2.45, 2.75) is 26.7 Å². The second-order valence-electron chi connectivity index (χ2n) is 5.78. The van der Waals surface area contributed by atoms with Gasteiger partial charge >= 0.3 is 0 Å². The topological polar surface area (TPSA) is 49.9 Å². The summed E-state index contributed by atoms with van der Waals surface area (Å²) < 4.78 is 5.68. The fourth-order valence-electron chi connectivity index (χ4n) is 2.67. The Bertz CT molecular complexity index is 697. The summed E-state index contributed by atoms with van der Waals surface area (Å²) in [5.74, 6) is 0.799. The number of benzene rings is 1. The molecular weight excluding hydrogens is 368 g/mol. The molecule has 1 fully saturated rings. The van der Waals surface area contributed by atoms with Crippen molar-refractivity contribution in [2.24, 2.45) is 0 Å². The van der Waals surface area contributed by atoms with E-state index in [1.165, 1.54) is 11.8 Å². The van der Waals surface area contributed by atoms with Crippen LogP contribution in [0.1, 0.15) is 32.3 Å². The fraction of sp³-hybridized carbons (Fsp3) is 0.421. The molecule has 1 aromatic carbocycles. The van der Waals surface area contributed by atoms with E-state index in [9.17, 15) is 9.59 Å². The molecule has 0 spiro atoms. The van der Waals surface area contributed by atoms with Crippen LogP contribution in [0.3, 0.4) is 0 Å². The lowest BCUT2D eigenvalue weighted by atomic mass is 10.2. The minimum absolute atomic E-state index is 0.0916. The maximum atomic E-state index is 12.6. The molecule has 7 heteroatoms. The summed E-state index contributed by atoms with van der Waals surface area (Å²) in [6.45, 7) is 5.82. The zero-order valence-corrected chi connectivity index (χ0v) is 17.0. The van der Waals surface area contributed by atoms with Gasteiger partial charge in [-0.25, -0.2) is 0 Å². The molecule has 0 atom stereocenters. The molecule has 1 heterocycles. The average molecular weight is 393 g/mol. The van der Waals surface area contributed by atoms with E-state index in [0.29, 0.717) is 41.7 Å². The number of ether oxygens (including phenoxy) is 1. The molecular formula is C19H24N2O3S2. The summed E-state index contributed by atoms with van der Waals surface area (Å²) >= 11 is 6.64. The van der Waals surface area contributed by atoms with Crippen LogP contribution >= 0.6 is 24.0 Å². The normalized spacial score (nSPS) is 15.7. The maximum absolute atomic E-state index is 12.6. The van der Waals surface area contributed by atoms with Crippen LogP contribution in [0.4, 0.5) is 0 Å². The van der Waals surface area contributed by atoms with Gasteiger partial charge in [0.2, 0.25) is 5.91 Å². The predicted octanol–water partition coefficient (Wildman–Crippen LogP) is 3.55. The number of rotatable bonds is 8. The fourth-order valence-corrected chi connectivity index (χ4v) is 3.98. The first kappa shape index (κ1) is 20.5. The Hall–Kier alpha value is -1.86. The summed E-state index contributed by atoms with van der Waals surface area (Å²) in [6, 6.07) is 7.50. The first-order chi connectivity index (χ1) is 12.5. The quantitative estimate of drug-likeness (QED) is 0.500. The molecule has 26 heavy (non-hydrogen) atoms. The van der Waals surface area contributed by atoms with E-state index in [2.05, 4.69) is 0 Å². The first-order valence-electron chi connectivity index (χ1n) is 8.67. The molecule has 1 aliphatic heterocycles. The summed E-state index contributed by atoms with van der Waals surface area (Å²) in [4.78, 5) is 28.7. The third-order valence-electron chi connectivity index (χ3n) is 4.18. The van der Waals surface area contributed by atoms with Crippen molar-refractivity contribution in [3.8, 4) is 5.75 Å². The molecule has 2 amide bonds. The van der Waals surface area contributed by atoms with Crippen molar-refractivity contribution in [1.29, 1.82) is 0 Å². The maximum Gasteiger partial charge on any atom is 0.266 e. The molecule has 0 radical (unpaired) electrons. The molecule has 0 N–H and O–H groups in total. The number of amides is 2. The smallest absolute Gasteiger partial charge is 0.266 e. The van der Waals surface area contributed by atoms with Gasteiger partial charge in [-0.05, 0) is 44.0 Å². The Kier molecular flexibility index (Phi) is 7.66. The van der Waals surface area contributed by atoms with Crippen LogP contribution in [-0.4, -0.2) is 52.7 Å². The molecule has 0 aliphatic carbocycles. The van der Waals surface area contributed by atoms with Gasteiger partial charge in [0.05, 0.1) is 12.0 Å². The standard InChI is InChI=1S/C19H24N2O3S2/c1-4-20(5-2)17(22)7-6-12-21-18(23)16(26-19(21)25)13-14-8-10-15(24-3)11-9-14/h8-11,13H,4-7,12H2,1-3H3. The number of thiocarbonyl (C=S) groups is 1. The zero-order chi connectivity index (χ0) is 19.1. The Morgan fingerprint density at radius 3 is 2.50 bits per heavy atom. The summed E-state index contributed by atoms with van der Waals surface area (Å²) in [5, 5.41) is 0. The average Bonchev–Trinajstić information content (AvgIpc) is 2.90. The van der Waals surface area contributed by atoms with Crippen LogP contribution < -0.4 is 4.74 Å². The minimum atomic E-state index is -0.0916. The van der Waals surface area contributed by atoms with E-state index in [0.717, 1.165) is 11.3 Å². The van der Waals surface area contributed by atoms with E-state index < -0.39 is 0 Å². The van der Waals surface area contributed by atoms with Crippen LogP contribution in [-0.2, 0) is 9.59 Å². The number of hydrogen-bond acceptors (Lipinski definition) is 5. The number of methoxy groups -OCH3 is 1. The van der Waals surface area contributed by atoms with Crippen molar-refractivity contribution >= 4 is 46.2 Å². The number of carbonyl (C=O) groups is 2. The molecule has 0 bridgehead atoms. The largest absolute Gasteiger partial charge is 0.497 e. The molecule has 1 saturated heterocycles. The highest BCUT2D eigenvalue weighted by Crippen LogP contribution is 2.33. The molecule has 0 unspecified atom stereocenters. The highest BCUT2D eigenvalue weighted by atomic mass is 32.2. The Morgan fingerprint density at radius 1 is 1.27 bits per heavy atom. The highest BCUT2D eigenvalue weighted by Gasteiger charge is 2.31. The van der Waals surface area contributed by atoms with Crippen molar-refractivity contribution in [3.05, 3.63) is 34.7 Å². The van der Waals surface area contributed by atoms with Crippen LogP contribution in [0.2, 0.25) is 0 Å². The monoisotopic (exact) mass is 392 g/mol. The van der Waals surface area contributed by atoms with Crippen LogP contribution in [0.15, 0.2) is 29.2 Å². The van der Waals surface area contributed by atoms with Gasteiger partial charge in [0, 0.05) is 26.1 Å². The minimum Gasteiger partial charge on any atom is -0.497 e. The van der Waals surface area contributed by atoms with Gasteiger partial charge in [-0.3, -0.25) is 14.5 Å². The van der Waals surface area contributed by atoms with E-state index >= 15 is 0 Å². The predicted molar refractivity (Wildman–Crippen MR) is 110 cm³/mol. The molecule has 0 aromatic heterocycles. The second kappa shape index (κ2) is 9.73. The number of thioether (sulfide) groups is 1. The van der Waals surface area contributed by atoms with E-state index in [1.807, 2.05) is 44.2 Å². The summed E-state index contributed by atoms with van der Waals surface area (Å²) in [5.41, 5.74) is 0.919. The van der Waals surface area contributed by atoms with E-state index in [4.69, 9.17) is 17.0 Å². The summed E-state index contributed by atoms with van der Waals surface area (Å²) in [6.07, 6.45) is 2.87. The van der Waals surface area contributed by atoms with Crippen molar-refractivity contribution in [3.63, 3.8) is 0 Å². The number of carbonyl (C=O) groups excluding carboxylic acids is 2. The van der Waals surface area contributed by atoms with Gasteiger partial charge in [0.15, 0.2) is 0 Å². The third kappa shape index (κ3) is 5.08. The molecule has 5 nitrogen and oxygen atoms in total. The second-order valence-corrected chi connectivity index (χ2v) is 7.45. The molecule has 1 aliphatic rings. The lowest BCUT2D eigenvalue weighted by molar-refractivity contribution is -0.131. The van der Waals surface area contributed by atoms with Gasteiger partial charge in [-0.2, -0.15) is 0 Å². The van der Waals surface area contributed by atoms with Gasteiger partial charge in [-0.15, -0.1) is 0 Å². The third-order valence-corrected chi connectivity index (χ3v) is 5.55. The lowest BCUT2D eigenvalue weighted by Gasteiger charge is -2.19. The van der Waals surface area contributed by atoms with Crippen LogP contribution in [0, 0.1) is 0 Å². The highest BCUT2D eigenvalue weighted by molar-refractivity contribution is 8.26. The van der Waals surface area contributed by atoms with E-state index in [-0.39, 0.29) is 11.8 Å². The molecule has 1 aromatic rings. The van der Waals surface area contributed by atoms with Crippen LogP contribution in [0.5, 0.6) is 5.75 Å². The lowest BCUT2D eigenvalue weighted by Crippen LogP contribution is -2.33. The zero-order valence-electron chi connectivity index (χ0n) is 15.4. The summed E-state index contributed by atoms with van der Waals surface area (Å²) in [7, 11) is 1.62. The van der Waals surface area contributed by atoms with Gasteiger partial charge in [0.25, 0.3) is 5.91 Å². The first-order valence-corrected chi connectivity index (χ1v) is 9.89. The molecule has 2 rings (SSSR count). The van der Waals surface area contributed by atoms with Gasteiger partial charge < -0.3 is 9.64 Å². The Labute approximate surface area is 164 Å². The van der Waals surface area contributed by atoms with Gasteiger partial charge in [-0.1, -0.05) is 36.1 Å². The van der Waals surface area contributed by atoms with E-state index in [1.54, 1.807) is 16.9 Å². The van der Waals surface area contributed by atoms with Crippen molar-refractivity contribution in [1.82, 2.24) is 9.80 Å². The molecule has 0 saturated carbocycles. The van der Waals surface area contributed by atoms with Crippen molar-refractivity contribution < 1.29 is 14.3 Å². The van der Waals surface area contributed by atoms with Crippen LogP contribution in [0.25, 0.3) is 6.08 Å². The number of nitrogens with zero attached hydrogens (tertiary/aromatic N) is 2. The molecule has 140 valence electrons. The SMILES string of the molecule is CCN(CC)C(=O)CCCN1C(=O)C(=Cc2ccc(OC)cc2)SC1=S.